The molecule has 0 heterocycles. The maximum Gasteiger partial charge on any atom is 0.0624 e. The molecule has 0 fully saturated rings. The number of nitrogens with two attached hydrogens (primary N) is 1. The Bertz CT molecular complexity index is 530. The summed E-state index contributed by atoms with van der Waals surface area (Å²) in [5.74, 6) is -0.0331. The van der Waals surface area contributed by atoms with Crippen LogP contribution >= 0.6 is 15.9 Å². The van der Waals surface area contributed by atoms with Crippen LogP contribution in [0, 0.1) is 0 Å². The molecular formula is C17H20BrNO. The van der Waals surface area contributed by atoms with E-state index in [-0.39, 0.29) is 5.92 Å². The van der Waals surface area contributed by atoms with Crippen molar-refractivity contribution in [1.29, 1.82) is 0 Å². The Kier molecular flexibility index (Phi) is 5.77. The van der Waals surface area contributed by atoms with Crippen molar-refractivity contribution in [2.45, 2.75) is 24.9 Å². The molecule has 20 heavy (non-hydrogen) atoms. The van der Waals surface area contributed by atoms with E-state index in [0.29, 0.717) is 13.0 Å². The fraction of sp³-hybridized carbons (Fsp3) is 0.294. The Balaban J connectivity index is 2.03. The van der Waals surface area contributed by atoms with Crippen molar-refractivity contribution in [2.24, 2.45) is 5.73 Å². The zero-order chi connectivity index (χ0) is 14.4. The third kappa shape index (κ3) is 3.92. The molecule has 2 nitrogen and oxygen atoms in total. The molecule has 2 aromatic rings. The number of rotatable bonds is 6. The largest absolute Gasteiger partial charge is 0.392 e. The molecule has 3 heteroatoms. The molecule has 0 spiro atoms. The van der Waals surface area contributed by atoms with Crippen molar-refractivity contribution >= 4 is 15.9 Å². The van der Waals surface area contributed by atoms with Crippen LogP contribution in [0.2, 0.25) is 0 Å². The van der Waals surface area contributed by atoms with Gasteiger partial charge in [0, 0.05) is 16.9 Å². The van der Waals surface area contributed by atoms with Gasteiger partial charge in [-0.2, -0.15) is 0 Å². The first-order valence-electron chi connectivity index (χ1n) is 6.89. The molecule has 2 atom stereocenters. The van der Waals surface area contributed by atoms with Crippen LogP contribution in [-0.2, 0) is 6.42 Å². The molecule has 0 aromatic heterocycles. The van der Waals surface area contributed by atoms with Gasteiger partial charge in [0.05, 0.1) is 6.10 Å². The Morgan fingerprint density at radius 2 is 1.65 bits per heavy atom. The fourth-order valence-electron chi connectivity index (χ4n) is 2.43. The summed E-state index contributed by atoms with van der Waals surface area (Å²) in [6.45, 7) is 0.443. The van der Waals surface area contributed by atoms with Gasteiger partial charge >= 0.3 is 0 Å². The van der Waals surface area contributed by atoms with E-state index in [1.165, 1.54) is 5.56 Å². The first-order valence-corrected chi connectivity index (χ1v) is 7.68. The lowest BCUT2D eigenvalue weighted by molar-refractivity contribution is 0.136. The monoisotopic (exact) mass is 333 g/mol. The Morgan fingerprint density at radius 1 is 1.00 bits per heavy atom. The van der Waals surface area contributed by atoms with Gasteiger partial charge in [-0.25, -0.2) is 0 Å². The first-order chi connectivity index (χ1) is 9.72. The van der Waals surface area contributed by atoms with Gasteiger partial charge in [-0.1, -0.05) is 64.5 Å². The van der Waals surface area contributed by atoms with Crippen molar-refractivity contribution in [1.82, 2.24) is 0 Å². The van der Waals surface area contributed by atoms with E-state index in [1.807, 2.05) is 42.5 Å². The standard InChI is InChI=1S/C17H20BrNO/c18-16-9-5-4-8-14(16)15(12-19)17(20)11-10-13-6-2-1-3-7-13/h1-9,15,17,20H,10-12,19H2. The Labute approximate surface area is 128 Å². The molecule has 0 radical (unpaired) electrons. The average Bonchev–Trinajstić information content (AvgIpc) is 2.49. The predicted molar refractivity (Wildman–Crippen MR) is 86.7 cm³/mol. The summed E-state index contributed by atoms with van der Waals surface area (Å²) >= 11 is 3.54. The maximum atomic E-state index is 10.4. The minimum atomic E-state index is -0.432. The summed E-state index contributed by atoms with van der Waals surface area (Å²) in [5, 5.41) is 10.4. The van der Waals surface area contributed by atoms with Crippen LogP contribution in [0.3, 0.4) is 0 Å². The number of aryl methyl sites for hydroxylation is 1. The number of aliphatic hydroxyl groups excluding tert-OH is 1. The second-order valence-electron chi connectivity index (χ2n) is 4.96. The molecule has 2 rings (SSSR count). The van der Waals surface area contributed by atoms with Crippen molar-refractivity contribution in [3.63, 3.8) is 0 Å². The molecule has 0 bridgehead atoms. The zero-order valence-corrected chi connectivity index (χ0v) is 13.0. The van der Waals surface area contributed by atoms with Crippen LogP contribution in [0.25, 0.3) is 0 Å². The quantitative estimate of drug-likeness (QED) is 0.850. The second-order valence-corrected chi connectivity index (χ2v) is 5.81. The lowest BCUT2D eigenvalue weighted by Gasteiger charge is -2.23. The third-order valence-electron chi connectivity index (χ3n) is 3.59. The highest BCUT2D eigenvalue weighted by molar-refractivity contribution is 9.10. The number of hydrogen-bond acceptors (Lipinski definition) is 2. The van der Waals surface area contributed by atoms with Crippen LogP contribution < -0.4 is 5.73 Å². The Hall–Kier alpha value is -1.16. The van der Waals surface area contributed by atoms with E-state index in [9.17, 15) is 5.11 Å². The molecule has 0 aliphatic carbocycles. The topological polar surface area (TPSA) is 46.2 Å². The summed E-state index contributed by atoms with van der Waals surface area (Å²) in [6, 6.07) is 18.2. The molecule has 2 aromatic carbocycles. The van der Waals surface area contributed by atoms with E-state index < -0.39 is 6.10 Å². The second kappa shape index (κ2) is 7.58. The molecule has 0 aliphatic rings. The molecule has 106 valence electrons. The highest BCUT2D eigenvalue weighted by atomic mass is 79.9. The molecule has 0 amide bonds. The van der Waals surface area contributed by atoms with Crippen molar-refractivity contribution in [2.75, 3.05) is 6.54 Å². The SMILES string of the molecule is NCC(c1ccccc1Br)C(O)CCc1ccccc1. The van der Waals surface area contributed by atoms with Gasteiger partial charge in [-0.15, -0.1) is 0 Å². The van der Waals surface area contributed by atoms with E-state index >= 15 is 0 Å². The van der Waals surface area contributed by atoms with Gasteiger partial charge in [0.25, 0.3) is 0 Å². The van der Waals surface area contributed by atoms with Gasteiger partial charge in [0.15, 0.2) is 0 Å². The van der Waals surface area contributed by atoms with E-state index in [4.69, 9.17) is 5.73 Å². The highest BCUT2D eigenvalue weighted by Crippen LogP contribution is 2.28. The van der Waals surface area contributed by atoms with E-state index in [0.717, 1.165) is 16.5 Å². The van der Waals surface area contributed by atoms with Gasteiger partial charge < -0.3 is 10.8 Å². The number of hydrogen-bond donors (Lipinski definition) is 2. The van der Waals surface area contributed by atoms with Gasteiger partial charge in [0.2, 0.25) is 0 Å². The lowest BCUT2D eigenvalue weighted by Crippen LogP contribution is -2.26. The summed E-state index contributed by atoms with van der Waals surface area (Å²) in [6.07, 6.45) is 1.15. The van der Waals surface area contributed by atoms with E-state index in [1.54, 1.807) is 0 Å². The third-order valence-corrected chi connectivity index (χ3v) is 4.32. The van der Waals surface area contributed by atoms with Gasteiger partial charge in [-0.05, 0) is 30.0 Å². The summed E-state index contributed by atoms with van der Waals surface area (Å²) in [4.78, 5) is 0. The summed E-state index contributed by atoms with van der Waals surface area (Å²) < 4.78 is 1.01. The predicted octanol–water partition coefficient (Wildman–Crippen LogP) is 3.49. The smallest absolute Gasteiger partial charge is 0.0624 e. The minimum absolute atomic E-state index is 0.0331. The lowest BCUT2D eigenvalue weighted by atomic mass is 9.90. The number of halogens is 1. The first kappa shape index (κ1) is 15.2. The molecular weight excluding hydrogens is 314 g/mol. The van der Waals surface area contributed by atoms with Crippen molar-refractivity contribution in [3.05, 3.63) is 70.2 Å². The number of aliphatic hydroxyl groups is 1. The molecule has 3 N–H and O–H groups in total. The average molecular weight is 334 g/mol. The van der Waals surface area contributed by atoms with Crippen LogP contribution in [0.1, 0.15) is 23.5 Å². The summed E-state index contributed by atoms with van der Waals surface area (Å²) in [7, 11) is 0. The molecule has 0 aliphatic heterocycles. The molecule has 0 saturated carbocycles. The van der Waals surface area contributed by atoms with Crippen LogP contribution in [-0.4, -0.2) is 17.8 Å². The zero-order valence-electron chi connectivity index (χ0n) is 11.4. The van der Waals surface area contributed by atoms with Crippen molar-refractivity contribution < 1.29 is 5.11 Å². The normalized spacial score (nSPS) is 13.9. The van der Waals surface area contributed by atoms with E-state index in [2.05, 4.69) is 28.1 Å². The van der Waals surface area contributed by atoms with Gasteiger partial charge in [0.1, 0.15) is 0 Å². The van der Waals surface area contributed by atoms with Crippen LogP contribution in [0.5, 0.6) is 0 Å². The molecule has 2 unspecified atom stereocenters. The Morgan fingerprint density at radius 3 is 2.30 bits per heavy atom. The fourth-order valence-corrected chi connectivity index (χ4v) is 3.01. The number of benzene rings is 2. The highest BCUT2D eigenvalue weighted by Gasteiger charge is 2.21. The maximum absolute atomic E-state index is 10.4. The van der Waals surface area contributed by atoms with Crippen molar-refractivity contribution in [3.8, 4) is 0 Å². The van der Waals surface area contributed by atoms with Crippen LogP contribution in [0.15, 0.2) is 59.1 Å². The molecule has 0 saturated heterocycles. The van der Waals surface area contributed by atoms with Crippen LogP contribution in [0.4, 0.5) is 0 Å². The summed E-state index contributed by atoms with van der Waals surface area (Å²) in [5.41, 5.74) is 8.19. The van der Waals surface area contributed by atoms with Gasteiger partial charge in [-0.3, -0.25) is 0 Å². The minimum Gasteiger partial charge on any atom is -0.392 e.